The van der Waals surface area contributed by atoms with Crippen molar-refractivity contribution >= 4 is 44.7 Å². The second-order valence-electron chi connectivity index (χ2n) is 7.83. The Morgan fingerprint density at radius 1 is 0.600 bits per heavy atom. The highest BCUT2D eigenvalue weighted by atomic mass is 35.5. The third-order valence-corrected chi connectivity index (χ3v) is 6.80. The lowest BCUT2D eigenvalue weighted by molar-refractivity contribution is 0.153. The molecule has 4 heteroatoms. The first-order valence-electron chi connectivity index (χ1n) is 10.1. The molecular weight excluding hydrogens is 411 g/mol. The van der Waals surface area contributed by atoms with Crippen LogP contribution in [0, 0.1) is 0 Å². The summed E-state index contributed by atoms with van der Waals surface area (Å²) in [5.74, 6) is 0. The van der Waals surface area contributed by atoms with Crippen LogP contribution < -0.4 is 0 Å². The molecule has 1 heterocycles. The van der Waals surface area contributed by atoms with Gasteiger partial charge in [0, 0.05) is 13.1 Å². The predicted molar refractivity (Wildman–Crippen MR) is 127 cm³/mol. The van der Waals surface area contributed by atoms with Crippen molar-refractivity contribution in [2.75, 3.05) is 0 Å². The smallest absolute Gasteiger partial charge is 0.142 e. The zero-order valence-corrected chi connectivity index (χ0v) is 18.2. The minimum absolute atomic E-state index is 0.0722. The largest absolute Gasteiger partial charge is 0.335 e. The van der Waals surface area contributed by atoms with E-state index in [2.05, 4.69) is 102 Å². The first kappa shape index (κ1) is 19.3. The molecule has 0 N–H and O–H groups in total. The van der Waals surface area contributed by atoms with Crippen molar-refractivity contribution in [2.45, 2.75) is 26.2 Å². The summed E-state index contributed by atoms with van der Waals surface area (Å²) in [7, 11) is 0. The maximum atomic E-state index is 6.68. The highest BCUT2D eigenvalue weighted by Crippen LogP contribution is 2.37. The Morgan fingerprint density at radius 3 is 1.43 bits per heavy atom. The molecule has 1 aliphatic rings. The number of hydrogen-bond donors (Lipinski definition) is 0. The molecule has 0 aromatic heterocycles. The van der Waals surface area contributed by atoms with Crippen molar-refractivity contribution in [1.29, 1.82) is 0 Å². The van der Waals surface area contributed by atoms with Gasteiger partial charge in [-0.3, -0.25) is 0 Å². The van der Waals surface area contributed by atoms with Gasteiger partial charge in [0.2, 0.25) is 0 Å². The molecule has 0 spiro atoms. The van der Waals surface area contributed by atoms with Crippen LogP contribution in [0.3, 0.4) is 0 Å². The molecule has 150 valence electrons. The fraction of sp³-hybridized carbons (Fsp3) is 0.154. The van der Waals surface area contributed by atoms with Gasteiger partial charge >= 0.3 is 0 Å². The third kappa shape index (κ3) is 3.51. The molecule has 1 aliphatic heterocycles. The fourth-order valence-corrected chi connectivity index (χ4v) is 4.82. The van der Waals surface area contributed by atoms with E-state index in [1.807, 2.05) is 0 Å². The number of rotatable bonds is 4. The van der Waals surface area contributed by atoms with Crippen LogP contribution in [0.2, 0.25) is 0 Å². The molecule has 0 radical (unpaired) electrons. The Balaban J connectivity index is 1.38. The van der Waals surface area contributed by atoms with E-state index >= 15 is 0 Å². The predicted octanol–water partition coefficient (Wildman–Crippen LogP) is 7.26. The molecule has 0 saturated carbocycles. The average molecular weight is 433 g/mol. The average Bonchev–Trinajstić information content (AvgIpc) is 2.97. The van der Waals surface area contributed by atoms with Crippen LogP contribution in [0.15, 0.2) is 95.2 Å². The summed E-state index contributed by atoms with van der Waals surface area (Å²) < 4.78 is 0. The van der Waals surface area contributed by atoms with E-state index in [1.54, 1.807) is 0 Å². The molecule has 4 aromatic rings. The Kier molecular flexibility index (Phi) is 5.06. The zero-order chi connectivity index (χ0) is 20.7. The molecule has 0 amide bonds. The summed E-state index contributed by atoms with van der Waals surface area (Å²) in [6, 6.07) is 29.9. The summed E-state index contributed by atoms with van der Waals surface area (Å²) in [4.78, 5) is 4.32. The first-order valence-corrected chi connectivity index (χ1v) is 10.9. The van der Waals surface area contributed by atoms with Crippen LogP contribution in [0.1, 0.15) is 18.1 Å². The summed E-state index contributed by atoms with van der Waals surface area (Å²) in [5.41, 5.74) is 2.44. The Hall–Kier alpha value is -2.68. The second kappa shape index (κ2) is 7.86. The number of nitrogens with zero attached hydrogens (tertiary/aromatic N) is 2. The van der Waals surface area contributed by atoms with Gasteiger partial charge in [0.1, 0.15) is 16.5 Å². The Morgan fingerprint density at radius 2 is 1.00 bits per heavy atom. The maximum absolute atomic E-state index is 6.68. The van der Waals surface area contributed by atoms with Crippen molar-refractivity contribution in [1.82, 2.24) is 9.80 Å². The van der Waals surface area contributed by atoms with Crippen molar-refractivity contribution < 1.29 is 0 Å². The summed E-state index contributed by atoms with van der Waals surface area (Å²) >= 11 is 13.4. The van der Waals surface area contributed by atoms with Crippen LogP contribution in [-0.4, -0.2) is 16.0 Å². The van der Waals surface area contributed by atoms with E-state index in [0.29, 0.717) is 10.3 Å². The Bertz CT molecular complexity index is 1170. The van der Waals surface area contributed by atoms with Gasteiger partial charge < -0.3 is 9.80 Å². The lowest BCUT2D eigenvalue weighted by Crippen LogP contribution is -2.36. The fourth-order valence-electron chi connectivity index (χ4n) is 4.20. The molecule has 0 saturated heterocycles. The van der Waals surface area contributed by atoms with Gasteiger partial charge in [-0.2, -0.15) is 0 Å². The molecule has 0 aliphatic carbocycles. The Labute approximate surface area is 186 Å². The number of halogens is 2. The van der Waals surface area contributed by atoms with E-state index in [0.717, 1.165) is 13.1 Å². The minimum atomic E-state index is 0.0722. The van der Waals surface area contributed by atoms with Crippen LogP contribution in [-0.2, 0) is 13.1 Å². The molecule has 2 nitrogen and oxygen atoms in total. The number of hydrogen-bond acceptors (Lipinski definition) is 2. The SMILES string of the molecule is CC1N(Cc2ccc3ccccc3c2)C(Cl)=C(Cl)N1Cc1ccc2ccccc2c1. The summed E-state index contributed by atoms with van der Waals surface area (Å²) in [5, 5.41) is 6.18. The number of fused-ring (bicyclic) bond motifs is 2. The van der Waals surface area contributed by atoms with Gasteiger partial charge in [0.05, 0.1) is 0 Å². The van der Waals surface area contributed by atoms with Gasteiger partial charge in [-0.05, 0) is 51.7 Å². The molecule has 0 fully saturated rings. The van der Waals surface area contributed by atoms with Crippen LogP contribution >= 0.6 is 23.2 Å². The van der Waals surface area contributed by atoms with Crippen molar-refractivity contribution in [3.8, 4) is 0 Å². The standard InChI is InChI=1S/C26H22Cl2N2/c1-18-29(16-19-10-12-21-6-2-4-8-23(21)14-19)25(27)26(28)30(18)17-20-11-13-22-7-3-5-9-24(22)15-20/h2-15,18H,16-17H2,1H3. The van der Waals surface area contributed by atoms with Crippen molar-refractivity contribution in [3.05, 3.63) is 106 Å². The molecule has 0 bridgehead atoms. The van der Waals surface area contributed by atoms with Gasteiger partial charge in [-0.25, -0.2) is 0 Å². The van der Waals surface area contributed by atoms with Gasteiger partial charge in [0.25, 0.3) is 0 Å². The van der Waals surface area contributed by atoms with Gasteiger partial charge in [-0.1, -0.05) is 96.0 Å². The van der Waals surface area contributed by atoms with E-state index < -0.39 is 0 Å². The van der Waals surface area contributed by atoms with E-state index in [4.69, 9.17) is 23.2 Å². The molecule has 0 atom stereocenters. The maximum Gasteiger partial charge on any atom is 0.142 e. The second-order valence-corrected chi connectivity index (χ2v) is 8.55. The minimum Gasteiger partial charge on any atom is -0.335 e. The highest BCUT2D eigenvalue weighted by molar-refractivity contribution is 6.39. The van der Waals surface area contributed by atoms with Crippen molar-refractivity contribution in [3.63, 3.8) is 0 Å². The van der Waals surface area contributed by atoms with Gasteiger partial charge in [0.15, 0.2) is 0 Å². The molecular formula is C26H22Cl2N2. The van der Waals surface area contributed by atoms with Crippen molar-refractivity contribution in [2.24, 2.45) is 0 Å². The van der Waals surface area contributed by atoms with E-state index in [9.17, 15) is 0 Å². The molecule has 30 heavy (non-hydrogen) atoms. The molecule has 4 aromatic carbocycles. The topological polar surface area (TPSA) is 6.48 Å². The van der Waals surface area contributed by atoms with Crippen LogP contribution in [0.25, 0.3) is 21.5 Å². The summed E-state index contributed by atoms with van der Waals surface area (Å²) in [6.07, 6.45) is 0.0722. The zero-order valence-electron chi connectivity index (χ0n) is 16.7. The van der Waals surface area contributed by atoms with E-state index in [1.165, 1.54) is 32.7 Å². The quantitative estimate of drug-likeness (QED) is 0.313. The molecule has 5 rings (SSSR count). The number of benzene rings is 4. The highest BCUT2D eigenvalue weighted by Gasteiger charge is 2.33. The third-order valence-electron chi connectivity index (χ3n) is 5.91. The molecule has 0 unspecified atom stereocenters. The lowest BCUT2D eigenvalue weighted by Gasteiger charge is -2.31. The monoisotopic (exact) mass is 432 g/mol. The normalized spacial score (nSPS) is 15.0. The lowest BCUT2D eigenvalue weighted by atomic mass is 10.1. The first-order chi connectivity index (χ1) is 14.6. The van der Waals surface area contributed by atoms with Crippen LogP contribution in [0.5, 0.6) is 0 Å². The van der Waals surface area contributed by atoms with Crippen LogP contribution in [0.4, 0.5) is 0 Å². The van der Waals surface area contributed by atoms with E-state index in [-0.39, 0.29) is 6.17 Å². The van der Waals surface area contributed by atoms with Gasteiger partial charge in [-0.15, -0.1) is 0 Å². The summed E-state index contributed by atoms with van der Waals surface area (Å²) in [6.45, 7) is 3.59.